The van der Waals surface area contributed by atoms with Gasteiger partial charge in [0.15, 0.2) is 0 Å². The Morgan fingerprint density at radius 2 is 1.95 bits per heavy atom. The summed E-state index contributed by atoms with van der Waals surface area (Å²) in [4.78, 5) is 11.7. The van der Waals surface area contributed by atoms with Crippen molar-refractivity contribution in [3.63, 3.8) is 0 Å². The summed E-state index contributed by atoms with van der Waals surface area (Å²) >= 11 is 0. The molecule has 1 N–H and O–H groups in total. The molecule has 122 valence electrons. The maximum atomic E-state index is 11.7. The summed E-state index contributed by atoms with van der Waals surface area (Å²) in [6.07, 6.45) is 3.61. The minimum absolute atomic E-state index is 0.179. The molecule has 22 heavy (non-hydrogen) atoms. The van der Waals surface area contributed by atoms with Crippen LogP contribution < -0.4 is 10.1 Å². The van der Waals surface area contributed by atoms with Crippen LogP contribution in [0.1, 0.15) is 44.6 Å². The number of hydrogen-bond acceptors (Lipinski definition) is 4. The number of carbonyl (C=O) groups is 1. The SMILES string of the molecule is CCOC(=O)C(C)c1ccc(OCCC2CCNCC2)cc1. The lowest BCUT2D eigenvalue weighted by atomic mass is 9.95. The zero-order valence-corrected chi connectivity index (χ0v) is 13.6. The van der Waals surface area contributed by atoms with Gasteiger partial charge in [-0.25, -0.2) is 0 Å². The summed E-state index contributed by atoms with van der Waals surface area (Å²) in [5.41, 5.74) is 0.962. The second kappa shape index (κ2) is 8.79. The van der Waals surface area contributed by atoms with E-state index in [0.717, 1.165) is 43.3 Å². The fourth-order valence-electron chi connectivity index (χ4n) is 2.77. The van der Waals surface area contributed by atoms with Gasteiger partial charge in [0, 0.05) is 0 Å². The first-order chi connectivity index (χ1) is 10.7. The molecule has 1 atom stereocenters. The van der Waals surface area contributed by atoms with Gasteiger partial charge in [0.05, 0.1) is 19.1 Å². The Bertz CT molecular complexity index is 452. The van der Waals surface area contributed by atoms with Crippen molar-refractivity contribution in [3.05, 3.63) is 29.8 Å². The Kier molecular flexibility index (Phi) is 6.72. The van der Waals surface area contributed by atoms with E-state index < -0.39 is 0 Å². The van der Waals surface area contributed by atoms with E-state index in [4.69, 9.17) is 9.47 Å². The Labute approximate surface area is 133 Å². The van der Waals surface area contributed by atoms with Gasteiger partial charge in [-0.1, -0.05) is 12.1 Å². The van der Waals surface area contributed by atoms with E-state index in [9.17, 15) is 4.79 Å². The molecule has 4 nitrogen and oxygen atoms in total. The van der Waals surface area contributed by atoms with Crippen LogP contribution >= 0.6 is 0 Å². The third-order valence-electron chi connectivity index (χ3n) is 4.27. The average molecular weight is 305 g/mol. The van der Waals surface area contributed by atoms with E-state index in [1.54, 1.807) is 0 Å². The van der Waals surface area contributed by atoms with E-state index >= 15 is 0 Å². The zero-order chi connectivity index (χ0) is 15.8. The van der Waals surface area contributed by atoms with Crippen LogP contribution in [0.5, 0.6) is 5.75 Å². The van der Waals surface area contributed by atoms with Crippen LogP contribution in [0.4, 0.5) is 0 Å². The van der Waals surface area contributed by atoms with Crippen molar-refractivity contribution in [1.29, 1.82) is 0 Å². The van der Waals surface area contributed by atoms with E-state index in [1.165, 1.54) is 12.8 Å². The van der Waals surface area contributed by atoms with Crippen LogP contribution in [0.25, 0.3) is 0 Å². The molecule has 1 aromatic rings. The summed E-state index contributed by atoms with van der Waals surface area (Å²) < 4.78 is 10.9. The summed E-state index contributed by atoms with van der Waals surface area (Å²) in [6.45, 7) is 7.13. The number of esters is 1. The highest BCUT2D eigenvalue weighted by molar-refractivity contribution is 5.77. The third kappa shape index (κ3) is 5.02. The Morgan fingerprint density at radius 3 is 2.59 bits per heavy atom. The molecule has 0 saturated carbocycles. The van der Waals surface area contributed by atoms with Crippen LogP contribution in [0.3, 0.4) is 0 Å². The van der Waals surface area contributed by atoms with Gasteiger partial charge in [-0.2, -0.15) is 0 Å². The van der Waals surface area contributed by atoms with Crippen molar-refractivity contribution in [2.75, 3.05) is 26.3 Å². The van der Waals surface area contributed by atoms with Crippen LogP contribution in [-0.2, 0) is 9.53 Å². The van der Waals surface area contributed by atoms with Gasteiger partial charge in [-0.15, -0.1) is 0 Å². The Balaban J connectivity index is 1.77. The number of benzene rings is 1. The molecule has 1 saturated heterocycles. The number of piperidine rings is 1. The highest BCUT2D eigenvalue weighted by Gasteiger charge is 2.16. The molecular formula is C18H27NO3. The number of carbonyl (C=O) groups excluding carboxylic acids is 1. The number of ether oxygens (including phenoxy) is 2. The average Bonchev–Trinajstić information content (AvgIpc) is 2.56. The highest BCUT2D eigenvalue weighted by Crippen LogP contribution is 2.21. The van der Waals surface area contributed by atoms with Gasteiger partial charge in [-0.3, -0.25) is 4.79 Å². The number of hydrogen-bond donors (Lipinski definition) is 1. The summed E-state index contributed by atoms with van der Waals surface area (Å²) in [6, 6.07) is 7.77. The molecule has 4 heteroatoms. The highest BCUT2D eigenvalue weighted by atomic mass is 16.5. The summed E-state index contributed by atoms with van der Waals surface area (Å²) in [7, 11) is 0. The molecule has 0 spiro atoms. The summed E-state index contributed by atoms with van der Waals surface area (Å²) in [5.74, 6) is 1.24. The van der Waals surface area contributed by atoms with Gasteiger partial charge in [0.1, 0.15) is 5.75 Å². The lowest BCUT2D eigenvalue weighted by Gasteiger charge is -2.22. The summed E-state index contributed by atoms with van der Waals surface area (Å²) in [5, 5.41) is 3.38. The standard InChI is InChI=1S/C18H27NO3/c1-3-21-18(20)14(2)16-4-6-17(7-5-16)22-13-10-15-8-11-19-12-9-15/h4-7,14-15,19H,3,8-13H2,1-2H3. The molecule has 1 aromatic carbocycles. The molecular weight excluding hydrogens is 278 g/mol. The molecule has 0 aromatic heterocycles. The molecule has 1 aliphatic heterocycles. The fourth-order valence-corrected chi connectivity index (χ4v) is 2.77. The van der Waals surface area contributed by atoms with Gasteiger partial charge in [-0.05, 0) is 69.8 Å². The van der Waals surface area contributed by atoms with Crippen molar-refractivity contribution in [2.45, 2.75) is 39.0 Å². The molecule has 1 heterocycles. The maximum absolute atomic E-state index is 11.7. The lowest BCUT2D eigenvalue weighted by molar-refractivity contribution is -0.144. The minimum Gasteiger partial charge on any atom is -0.494 e. The van der Waals surface area contributed by atoms with E-state index in [1.807, 2.05) is 38.1 Å². The van der Waals surface area contributed by atoms with E-state index in [2.05, 4.69) is 5.32 Å². The lowest BCUT2D eigenvalue weighted by Crippen LogP contribution is -2.28. The van der Waals surface area contributed by atoms with Crippen LogP contribution in [0.15, 0.2) is 24.3 Å². The van der Waals surface area contributed by atoms with Gasteiger partial charge >= 0.3 is 5.97 Å². The molecule has 0 bridgehead atoms. The third-order valence-corrected chi connectivity index (χ3v) is 4.27. The number of nitrogens with one attached hydrogen (secondary N) is 1. The van der Waals surface area contributed by atoms with Crippen molar-refractivity contribution in [1.82, 2.24) is 5.32 Å². The Hall–Kier alpha value is -1.55. The molecule has 0 amide bonds. The van der Waals surface area contributed by atoms with Gasteiger partial charge in [0.25, 0.3) is 0 Å². The predicted octanol–water partition coefficient (Wildman–Crippen LogP) is 3.12. The van der Waals surface area contributed by atoms with E-state index in [-0.39, 0.29) is 11.9 Å². The molecule has 0 aliphatic carbocycles. The molecule has 1 aliphatic rings. The molecule has 2 rings (SSSR count). The van der Waals surface area contributed by atoms with Crippen molar-refractivity contribution >= 4 is 5.97 Å². The normalized spacial score (nSPS) is 17.0. The molecule has 1 unspecified atom stereocenters. The molecule has 0 radical (unpaired) electrons. The monoisotopic (exact) mass is 305 g/mol. The molecule has 1 fully saturated rings. The van der Waals surface area contributed by atoms with Crippen molar-refractivity contribution in [2.24, 2.45) is 5.92 Å². The first kappa shape index (κ1) is 16.8. The van der Waals surface area contributed by atoms with Crippen LogP contribution in [-0.4, -0.2) is 32.3 Å². The zero-order valence-electron chi connectivity index (χ0n) is 13.6. The van der Waals surface area contributed by atoms with Gasteiger partial charge in [0.2, 0.25) is 0 Å². The maximum Gasteiger partial charge on any atom is 0.313 e. The largest absolute Gasteiger partial charge is 0.494 e. The first-order valence-corrected chi connectivity index (χ1v) is 8.30. The fraction of sp³-hybridized carbons (Fsp3) is 0.611. The number of rotatable bonds is 7. The van der Waals surface area contributed by atoms with Crippen LogP contribution in [0, 0.1) is 5.92 Å². The second-order valence-electron chi connectivity index (χ2n) is 5.87. The predicted molar refractivity (Wildman–Crippen MR) is 87.2 cm³/mol. The van der Waals surface area contributed by atoms with Gasteiger partial charge < -0.3 is 14.8 Å². The second-order valence-corrected chi connectivity index (χ2v) is 5.87. The topological polar surface area (TPSA) is 47.6 Å². The van der Waals surface area contributed by atoms with Crippen LogP contribution in [0.2, 0.25) is 0 Å². The first-order valence-electron chi connectivity index (χ1n) is 8.30. The smallest absolute Gasteiger partial charge is 0.313 e. The quantitative estimate of drug-likeness (QED) is 0.786. The Morgan fingerprint density at radius 1 is 1.27 bits per heavy atom. The van der Waals surface area contributed by atoms with E-state index in [0.29, 0.717) is 6.61 Å². The van der Waals surface area contributed by atoms with Crippen molar-refractivity contribution < 1.29 is 14.3 Å². The minimum atomic E-state index is -0.233. The van der Waals surface area contributed by atoms with Crippen molar-refractivity contribution in [3.8, 4) is 5.75 Å².